The number of aliphatic hydroxyl groups excluding tert-OH is 1. The van der Waals surface area contributed by atoms with Gasteiger partial charge in [-0.3, -0.25) is 4.90 Å². The maximum Gasteiger partial charge on any atom is 0.371 e. The minimum absolute atomic E-state index is 0.0523. The number of aromatic carboxylic acids is 1. The molecule has 0 spiro atoms. The lowest BCUT2D eigenvalue weighted by molar-refractivity contribution is -0.0417. The molecular formula is C22H27NO7. The van der Waals surface area contributed by atoms with E-state index in [4.69, 9.17) is 23.7 Å². The monoisotopic (exact) mass is 417 g/mol. The molecular weight excluding hydrogens is 390 g/mol. The molecule has 2 aliphatic heterocycles. The maximum absolute atomic E-state index is 10.9. The van der Waals surface area contributed by atoms with Crippen LogP contribution in [0.2, 0.25) is 0 Å². The lowest BCUT2D eigenvalue weighted by Crippen LogP contribution is -2.41. The molecule has 0 amide bonds. The zero-order valence-electron chi connectivity index (χ0n) is 17.0. The molecule has 8 nitrogen and oxygen atoms in total. The molecule has 3 heterocycles. The number of fused-ring (bicyclic) bond motifs is 1. The predicted octanol–water partition coefficient (Wildman–Crippen LogP) is 2.40. The fourth-order valence-electron chi connectivity index (χ4n) is 4.44. The summed E-state index contributed by atoms with van der Waals surface area (Å²) in [6, 6.07) is 8.78. The summed E-state index contributed by atoms with van der Waals surface area (Å²) in [5.74, 6) is 0.728. The van der Waals surface area contributed by atoms with Gasteiger partial charge in [0.25, 0.3) is 0 Å². The van der Waals surface area contributed by atoms with Crippen molar-refractivity contribution in [2.75, 3.05) is 40.0 Å². The van der Waals surface area contributed by atoms with Gasteiger partial charge in [-0.1, -0.05) is 6.07 Å². The van der Waals surface area contributed by atoms with Gasteiger partial charge >= 0.3 is 5.97 Å². The van der Waals surface area contributed by atoms with Gasteiger partial charge in [0.15, 0.2) is 11.5 Å². The van der Waals surface area contributed by atoms with Crippen LogP contribution in [0.5, 0.6) is 11.5 Å². The number of ether oxygens (including phenoxy) is 3. The minimum Gasteiger partial charge on any atom is -0.493 e. The number of carbonyl (C=O) groups is 1. The zero-order valence-corrected chi connectivity index (χ0v) is 17.0. The molecule has 8 heteroatoms. The third-order valence-electron chi connectivity index (χ3n) is 6.14. The Morgan fingerprint density at radius 3 is 2.87 bits per heavy atom. The van der Waals surface area contributed by atoms with E-state index in [-0.39, 0.29) is 24.4 Å². The molecule has 4 rings (SSSR count). The van der Waals surface area contributed by atoms with Gasteiger partial charge in [0.1, 0.15) is 12.4 Å². The van der Waals surface area contributed by atoms with Crippen molar-refractivity contribution in [1.82, 2.24) is 4.90 Å². The lowest BCUT2D eigenvalue weighted by Gasteiger charge is -2.36. The molecule has 0 saturated carbocycles. The molecule has 2 aromatic rings. The van der Waals surface area contributed by atoms with Crippen molar-refractivity contribution >= 4 is 5.97 Å². The fourth-order valence-corrected chi connectivity index (χ4v) is 4.44. The largest absolute Gasteiger partial charge is 0.493 e. The van der Waals surface area contributed by atoms with Gasteiger partial charge in [0.05, 0.1) is 20.3 Å². The molecule has 0 unspecified atom stereocenters. The van der Waals surface area contributed by atoms with E-state index in [1.165, 1.54) is 6.07 Å². The van der Waals surface area contributed by atoms with E-state index in [1.807, 2.05) is 18.2 Å². The quantitative estimate of drug-likeness (QED) is 0.675. The van der Waals surface area contributed by atoms with Crippen LogP contribution in [0.3, 0.4) is 0 Å². The number of benzene rings is 1. The smallest absolute Gasteiger partial charge is 0.371 e. The third kappa shape index (κ3) is 4.16. The van der Waals surface area contributed by atoms with Gasteiger partial charge < -0.3 is 28.8 Å². The number of carboxylic acids is 1. The summed E-state index contributed by atoms with van der Waals surface area (Å²) in [6.07, 6.45) is 0.900. The molecule has 0 bridgehead atoms. The van der Waals surface area contributed by atoms with Crippen molar-refractivity contribution in [3.63, 3.8) is 0 Å². The van der Waals surface area contributed by atoms with Crippen molar-refractivity contribution in [3.8, 4) is 11.5 Å². The van der Waals surface area contributed by atoms with Crippen LogP contribution in [0.25, 0.3) is 0 Å². The van der Waals surface area contributed by atoms with Crippen LogP contribution in [0, 0.1) is 11.3 Å². The number of hydrogen-bond acceptors (Lipinski definition) is 7. The second-order valence-electron chi connectivity index (χ2n) is 8.06. The molecule has 1 aromatic carbocycles. The number of rotatable bonds is 8. The van der Waals surface area contributed by atoms with Crippen molar-refractivity contribution in [2.24, 2.45) is 11.3 Å². The van der Waals surface area contributed by atoms with Gasteiger partial charge in [0.2, 0.25) is 5.76 Å². The molecule has 1 aromatic heterocycles. The average molecular weight is 417 g/mol. The Morgan fingerprint density at radius 1 is 1.30 bits per heavy atom. The van der Waals surface area contributed by atoms with E-state index in [0.29, 0.717) is 36.4 Å². The molecule has 0 aliphatic carbocycles. The first-order chi connectivity index (χ1) is 14.5. The predicted molar refractivity (Wildman–Crippen MR) is 107 cm³/mol. The number of carboxylic acid groups (broad SMARTS) is 1. The van der Waals surface area contributed by atoms with E-state index >= 15 is 0 Å². The van der Waals surface area contributed by atoms with Crippen LogP contribution < -0.4 is 9.47 Å². The van der Waals surface area contributed by atoms with Gasteiger partial charge in [-0.2, -0.15) is 0 Å². The van der Waals surface area contributed by atoms with Gasteiger partial charge in [-0.05, 0) is 36.2 Å². The molecule has 2 fully saturated rings. The topological polar surface area (TPSA) is 102 Å². The molecule has 2 atom stereocenters. The van der Waals surface area contributed by atoms with E-state index < -0.39 is 5.97 Å². The zero-order chi connectivity index (χ0) is 21.1. The Labute approximate surface area is 175 Å². The Kier molecular flexibility index (Phi) is 5.99. The van der Waals surface area contributed by atoms with Crippen molar-refractivity contribution in [2.45, 2.75) is 19.6 Å². The van der Waals surface area contributed by atoms with Gasteiger partial charge in [-0.15, -0.1) is 0 Å². The summed E-state index contributed by atoms with van der Waals surface area (Å²) in [4.78, 5) is 13.3. The lowest BCUT2D eigenvalue weighted by atomic mass is 9.75. The molecule has 0 radical (unpaired) electrons. The van der Waals surface area contributed by atoms with Crippen LogP contribution in [-0.2, 0) is 17.9 Å². The average Bonchev–Trinajstić information content (AvgIpc) is 3.37. The number of aliphatic hydroxyl groups is 1. The summed E-state index contributed by atoms with van der Waals surface area (Å²) < 4.78 is 22.1. The van der Waals surface area contributed by atoms with Gasteiger partial charge in [-0.25, -0.2) is 4.79 Å². The van der Waals surface area contributed by atoms with E-state index in [0.717, 1.165) is 31.6 Å². The Bertz CT molecular complexity index is 895. The normalized spacial score (nSPS) is 23.9. The summed E-state index contributed by atoms with van der Waals surface area (Å²) in [5.41, 5.74) is 1.04. The Morgan fingerprint density at radius 2 is 2.17 bits per heavy atom. The summed E-state index contributed by atoms with van der Waals surface area (Å²) in [5, 5.41) is 18.9. The highest BCUT2D eigenvalue weighted by Gasteiger charge is 2.47. The number of likely N-dealkylation sites (tertiary alicyclic amines) is 1. The van der Waals surface area contributed by atoms with Crippen LogP contribution in [0.1, 0.15) is 28.3 Å². The Hall–Kier alpha value is -2.55. The number of methoxy groups -OCH3 is 1. The summed E-state index contributed by atoms with van der Waals surface area (Å²) in [7, 11) is 1.59. The minimum atomic E-state index is -1.11. The molecule has 2 aliphatic rings. The first-order valence-electron chi connectivity index (χ1n) is 10.1. The second-order valence-corrected chi connectivity index (χ2v) is 8.06. The highest BCUT2D eigenvalue weighted by atomic mass is 16.5. The number of hydrogen-bond donors (Lipinski definition) is 2. The van der Waals surface area contributed by atoms with Crippen molar-refractivity contribution in [1.29, 1.82) is 0 Å². The number of nitrogens with zero attached hydrogens (tertiary/aromatic N) is 1. The first kappa shape index (κ1) is 20.7. The molecule has 30 heavy (non-hydrogen) atoms. The molecule has 2 N–H and O–H groups in total. The highest BCUT2D eigenvalue weighted by Crippen LogP contribution is 2.42. The summed E-state index contributed by atoms with van der Waals surface area (Å²) >= 11 is 0. The van der Waals surface area contributed by atoms with Crippen LogP contribution >= 0.6 is 0 Å². The van der Waals surface area contributed by atoms with Crippen molar-refractivity contribution in [3.05, 3.63) is 47.4 Å². The standard InChI is InChI=1S/C22H27NO7/c1-27-20-8-15(9-23-10-16-11-28-7-6-22(16,13-23)14-24)2-4-18(20)29-12-17-3-5-19(30-17)21(25)26/h2-5,8,16,24H,6-7,9-14H2,1H3,(H,25,26)/t16-,22-/m1/s1. The maximum atomic E-state index is 10.9. The molecule has 2 saturated heterocycles. The van der Waals surface area contributed by atoms with E-state index in [2.05, 4.69) is 4.90 Å². The SMILES string of the molecule is COc1cc(CN2C[C@@H]3COCC[C@]3(CO)C2)ccc1OCc1ccc(C(=O)O)o1. The first-order valence-corrected chi connectivity index (χ1v) is 10.1. The fraction of sp³-hybridized carbons (Fsp3) is 0.500. The number of furan rings is 1. The van der Waals surface area contributed by atoms with Crippen LogP contribution in [0.4, 0.5) is 0 Å². The van der Waals surface area contributed by atoms with Crippen LogP contribution in [0.15, 0.2) is 34.7 Å². The van der Waals surface area contributed by atoms with Gasteiger partial charge in [0, 0.05) is 37.6 Å². The van der Waals surface area contributed by atoms with E-state index in [9.17, 15) is 9.90 Å². The Balaban J connectivity index is 1.40. The second kappa shape index (κ2) is 8.67. The molecule has 162 valence electrons. The van der Waals surface area contributed by atoms with E-state index in [1.54, 1.807) is 13.2 Å². The highest BCUT2D eigenvalue weighted by molar-refractivity contribution is 5.84. The van der Waals surface area contributed by atoms with Crippen LogP contribution in [-0.4, -0.2) is 61.1 Å². The summed E-state index contributed by atoms with van der Waals surface area (Å²) in [6.45, 7) is 4.26. The van der Waals surface area contributed by atoms with Crippen molar-refractivity contribution < 1.29 is 33.6 Å². The third-order valence-corrected chi connectivity index (χ3v) is 6.14.